The van der Waals surface area contributed by atoms with Gasteiger partial charge < -0.3 is 68.1 Å². The Balaban J connectivity index is 1.23. The summed E-state index contributed by atoms with van der Waals surface area (Å²) in [5.74, 6) is -1.26. The number of nitrogens with one attached hydrogen (secondary N) is 2. The van der Waals surface area contributed by atoms with E-state index in [0.717, 1.165) is 50.5 Å². The molecule has 5 rings (SSSR count). The summed E-state index contributed by atoms with van der Waals surface area (Å²) < 4.78 is 47.7. The normalized spacial score (nSPS) is 31.6. The highest BCUT2D eigenvalue weighted by molar-refractivity contribution is 6.30. The molecule has 5 amide bonds. The third-order valence-corrected chi connectivity index (χ3v) is 16.8. The van der Waals surface area contributed by atoms with Crippen molar-refractivity contribution in [2.24, 2.45) is 23.7 Å². The Kier molecular flexibility index (Phi) is 25.1. The zero-order chi connectivity index (χ0) is 58.2. The van der Waals surface area contributed by atoms with E-state index < -0.39 is 96.2 Å². The van der Waals surface area contributed by atoms with E-state index in [2.05, 4.69) is 31.4 Å². The fourth-order valence-corrected chi connectivity index (χ4v) is 11.3. The Morgan fingerprint density at radius 1 is 0.975 bits per heavy atom. The van der Waals surface area contributed by atoms with Gasteiger partial charge in [-0.1, -0.05) is 76.6 Å². The number of epoxide rings is 1. The number of hydrogen-bond acceptors (Lipinski definition) is 16. The Morgan fingerprint density at radius 2 is 1.70 bits per heavy atom. The number of methoxy groups -OCH3 is 1. The third kappa shape index (κ3) is 18.7. The number of nitrogens with zero attached hydrogens (tertiary/aromatic N) is 3. The van der Waals surface area contributed by atoms with E-state index >= 15 is 0 Å². The summed E-state index contributed by atoms with van der Waals surface area (Å²) in [5, 5.41) is 29.7. The molecule has 0 aromatic heterocycles. The number of amides is 5. The van der Waals surface area contributed by atoms with Crippen LogP contribution < -0.4 is 10.6 Å². The van der Waals surface area contributed by atoms with Crippen LogP contribution in [0, 0.1) is 23.7 Å². The molecular formula is C57H92ClN5O16. The van der Waals surface area contributed by atoms with Gasteiger partial charge in [0.1, 0.15) is 55.0 Å². The topological polar surface area (TPSA) is 254 Å². The summed E-state index contributed by atoms with van der Waals surface area (Å²) in [6, 6.07) is -1.13. The molecule has 4 N–H and O–H groups in total. The second-order valence-corrected chi connectivity index (χ2v) is 23.3. The predicted molar refractivity (Wildman–Crippen MR) is 293 cm³/mol. The first-order valence-corrected chi connectivity index (χ1v) is 28.9. The Morgan fingerprint density at radius 3 is 2.39 bits per heavy atom. The van der Waals surface area contributed by atoms with Crippen molar-refractivity contribution in [3.8, 4) is 0 Å². The van der Waals surface area contributed by atoms with Gasteiger partial charge in [0.15, 0.2) is 5.72 Å². The van der Waals surface area contributed by atoms with Crippen LogP contribution in [0.5, 0.6) is 0 Å². The van der Waals surface area contributed by atoms with Gasteiger partial charge in [-0.15, -0.1) is 0 Å². The minimum Gasteiger partial charge on any atom is -0.492 e. The van der Waals surface area contributed by atoms with E-state index in [1.807, 2.05) is 19.1 Å². The van der Waals surface area contributed by atoms with Crippen molar-refractivity contribution in [1.82, 2.24) is 25.3 Å². The molecule has 0 spiro atoms. The van der Waals surface area contributed by atoms with Gasteiger partial charge in [-0.25, -0.2) is 19.2 Å². The average molecular weight is 1140 g/mol. The van der Waals surface area contributed by atoms with Crippen molar-refractivity contribution < 1.29 is 76.9 Å². The first kappa shape index (κ1) is 65.1. The van der Waals surface area contributed by atoms with Crippen LogP contribution in [0.25, 0.3) is 0 Å². The van der Waals surface area contributed by atoms with Gasteiger partial charge in [-0.05, 0) is 89.2 Å². The van der Waals surface area contributed by atoms with Crippen LogP contribution in [-0.4, -0.2) is 189 Å². The largest absolute Gasteiger partial charge is 0.492 e. The van der Waals surface area contributed by atoms with Gasteiger partial charge >= 0.3 is 24.2 Å². The van der Waals surface area contributed by atoms with Gasteiger partial charge in [-0.2, -0.15) is 0 Å². The Hall–Kier alpha value is -4.67. The molecule has 79 heavy (non-hydrogen) atoms. The predicted octanol–water partition coefficient (Wildman–Crippen LogP) is 7.10. The molecule has 448 valence electrons. The molecule has 2 heterocycles. The van der Waals surface area contributed by atoms with E-state index in [4.69, 9.17) is 49.5 Å². The van der Waals surface area contributed by atoms with Crippen LogP contribution in [0.2, 0.25) is 0 Å². The number of aliphatic hydroxyl groups is 2. The van der Waals surface area contributed by atoms with Crippen molar-refractivity contribution in [1.29, 1.82) is 0 Å². The van der Waals surface area contributed by atoms with Gasteiger partial charge in [0.25, 0.3) is 0 Å². The van der Waals surface area contributed by atoms with Crippen molar-refractivity contribution in [3.63, 3.8) is 0 Å². The zero-order valence-electron chi connectivity index (χ0n) is 48.6. The number of rotatable bonds is 19. The van der Waals surface area contributed by atoms with E-state index in [-0.39, 0.29) is 69.7 Å². The molecule has 4 bridgehead atoms. The minimum absolute atomic E-state index is 0.00184. The fourth-order valence-electron chi connectivity index (χ4n) is 11.1. The van der Waals surface area contributed by atoms with Gasteiger partial charge in [0, 0.05) is 73.1 Å². The van der Waals surface area contributed by atoms with Crippen molar-refractivity contribution in [2.45, 2.75) is 198 Å². The smallest absolute Gasteiger partial charge is 0.410 e. The maximum absolute atomic E-state index is 14.2. The number of ether oxygens (including phenoxy) is 8. The molecule has 5 aliphatic rings. The van der Waals surface area contributed by atoms with Gasteiger partial charge in [0.2, 0.25) is 11.8 Å². The van der Waals surface area contributed by atoms with Gasteiger partial charge in [-0.3, -0.25) is 14.9 Å². The molecule has 0 radical (unpaired) electrons. The molecule has 14 atom stereocenters. The maximum atomic E-state index is 14.2. The number of aliphatic hydroxyl groups excluding tert-OH is 1. The highest BCUT2D eigenvalue weighted by atomic mass is 35.5. The second-order valence-electron chi connectivity index (χ2n) is 22.9. The minimum atomic E-state index is -1.75. The lowest BCUT2D eigenvalue weighted by molar-refractivity contribution is -0.163. The summed E-state index contributed by atoms with van der Waals surface area (Å²) >= 11 is 7.15. The lowest BCUT2D eigenvalue weighted by Crippen LogP contribution is -2.64. The molecule has 3 fully saturated rings. The van der Waals surface area contributed by atoms with E-state index in [9.17, 15) is 39.0 Å². The summed E-state index contributed by atoms with van der Waals surface area (Å²) in [5.41, 5.74) is -1.81. The maximum Gasteiger partial charge on any atom is 0.410 e. The van der Waals surface area contributed by atoms with Crippen LogP contribution in [0.15, 0.2) is 34.6 Å². The van der Waals surface area contributed by atoms with Crippen LogP contribution in [0.4, 0.5) is 14.4 Å². The highest BCUT2D eigenvalue weighted by Gasteiger charge is 2.64. The molecule has 21 nitrogen and oxygen atoms in total. The average Bonchev–Trinajstić information content (AvgIpc) is 3.85. The molecule has 2 aliphatic heterocycles. The standard InChI is InChI=1S/C57H92ClN5O16/c1-12-18-36(3)33-74-44-29-39-27-35(2)19-17-22-46(72-11)57(71)32-45(76-53(68)60-57)37(4)51-56(6,79-51)47(31-41(64)30-40(28-39)50(44)58)78-52(67)38(5)63(10)49(66)23-26-73-54(69)61(8)24-25-62(9)55(70)77-43-21-16-14-13-15-20-42(43)75-34-48(65)59-7/h16,21,29,35-38,40-43,45-47,51,64,71H,12-15,17-20,22-28,30-34H2,1-11H3,(H,59,65)(H,60,68)/b21-16+/t35?,36?,37-,38+,40?,41?,42?,43?,45+,46-,47+,51+,56+,57+/m1/s1. The first-order chi connectivity index (χ1) is 37.4. The number of likely N-dealkylation sites (N-methyl/N-ethyl adjacent to an activating group) is 4. The lowest BCUT2D eigenvalue weighted by Gasteiger charge is -2.43. The summed E-state index contributed by atoms with van der Waals surface area (Å²) in [7, 11) is 7.48. The highest BCUT2D eigenvalue weighted by Crippen LogP contribution is 2.50. The number of esters is 1. The fraction of sp³-hybridized carbons (Fsp3) is 0.789. The molecule has 0 aromatic carbocycles. The first-order valence-electron chi connectivity index (χ1n) is 28.5. The number of carbonyl (C=O) groups excluding carboxylic acids is 6. The van der Waals surface area contributed by atoms with Crippen LogP contribution in [-0.2, 0) is 52.3 Å². The number of carbonyl (C=O) groups is 6. The SMILES string of the molecule is CCCC(C)COC1=C(Cl)C2CC(=C1)CC(C)CCC[C@@H](OC)[C@@]1(O)C[C@H](OC(=O)N1)[C@@H](C)[C@@H]1O[C@@]1(C)[C@@H](OC(=O)[C@H](C)N(C)C(=O)CCOC(=O)N(C)CCN(C)C(=O)OC1/C=C/CCCCC1OCC(=O)NC)CC(O)C2. The monoisotopic (exact) mass is 1140 g/mol. The molecule has 2 saturated heterocycles. The molecule has 0 aromatic rings. The van der Waals surface area contributed by atoms with E-state index in [1.54, 1.807) is 13.0 Å². The molecule has 6 unspecified atom stereocenters. The number of halogens is 1. The third-order valence-electron chi connectivity index (χ3n) is 16.3. The van der Waals surface area contributed by atoms with E-state index in [0.29, 0.717) is 49.0 Å². The summed E-state index contributed by atoms with van der Waals surface area (Å²) in [6.45, 7) is 11.7. The Bertz CT molecular complexity index is 2160. The quantitative estimate of drug-likeness (QED) is 0.0436. The van der Waals surface area contributed by atoms with Crippen molar-refractivity contribution in [2.75, 3.05) is 68.2 Å². The molecule has 3 aliphatic carbocycles. The number of fused-ring (bicyclic) bond motifs is 5. The van der Waals surface area contributed by atoms with Crippen LogP contribution in [0.1, 0.15) is 138 Å². The molecule has 1 saturated carbocycles. The molecule has 22 heteroatoms. The number of hydrogen-bond donors (Lipinski definition) is 4. The van der Waals surface area contributed by atoms with Gasteiger partial charge in [0.05, 0.1) is 36.4 Å². The summed E-state index contributed by atoms with van der Waals surface area (Å²) in [6.07, 6.45) is 6.48. The van der Waals surface area contributed by atoms with Crippen molar-refractivity contribution >= 4 is 47.7 Å². The van der Waals surface area contributed by atoms with Crippen LogP contribution >= 0.6 is 11.6 Å². The zero-order valence-corrected chi connectivity index (χ0v) is 49.4. The van der Waals surface area contributed by atoms with E-state index in [1.165, 1.54) is 56.9 Å². The Labute approximate surface area is 472 Å². The second kappa shape index (κ2) is 30.4. The number of alkyl carbamates (subject to hydrolysis) is 1. The van der Waals surface area contributed by atoms with Crippen LogP contribution in [0.3, 0.4) is 0 Å². The lowest BCUT2D eigenvalue weighted by atomic mass is 9.81. The summed E-state index contributed by atoms with van der Waals surface area (Å²) in [4.78, 5) is 82.6. The molecular weight excluding hydrogens is 1050 g/mol. The van der Waals surface area contributed by atoms with Crippen molar-refractivity contribution in [3.05, 3.63) is 34.6 Å². The number of allylic oxidation sites excluding steroid dienone is 4.